The van der Waals surface area contributed by atoms with Gasteiger partial charge in [0.15, 0.2) is 11.6 Å². The maximum absolute atomic E-state index is 13.0. The van der Waals surface area contributed by atoms with Crippen LogP contribution in [0, 0.1) is 11.6 Å². The molecule has 0 radical (unpaired) electrons. The third-order valence-corrected chi connectivity index (χ3v) is 1.75. The molecule has 0 saturated heterocycles. The van der Waals surface area contributed by atoms with Crippen molar-refractivity contribution < 1.29 is 13.5 Å². The van der Waals surface area contributed by atoms with Crippen molar-refractivity contribution in [3.05, 3.63) is 28.8 Å². The van der Waals surface area contributed by atoms with E-state index >= 15 is 0 Å². The molecule has 0 unspecified atom stereocenters. The van der Waals surface area contributed by atoms with E-state index in [0.29, 0.717) is 6.61 Å². The number of ether oxygens (including phenoxy) is 1. The van der Waals surface area contributed by atoms with Gasteiger partial charge in [-0.2, -0.15) is 4.39 Å². The third kappa shape index (κ3) is 2.31. The van der Waals surface area contributed by atoms with Crippen LogP contribution in [-0.2, 0) is 0 Å². The first-order valence-corrected chi connectivity index (χ1v) is 4.31. The average molecular weight is 207 g/mol. The zero-order valence-corrected chi connectivity index (χ0v) is 7.87. The second-order valence-electron chi connectivity index (χ2n) is 2.52. The molecule has 0 fully saturated rings. The summed E-state index contributed by atoms with van der Waals surface area (Å²) < 4.78 is 30.8. The lowest BCUT2D eigenvalue weighted by molar-refractivity contribution is 0.295. The van der Waals surface area contributed by atoms with Gasteiger partial charge in [-0.15, -0.1) is 0 Å². The monoisotopic (exact) mass is 206 g/mol. The molecule has 0 bridgehead atoms. The van der Waals surface area contributed by atoms with Gasteiger partial charge in [0.1, 0.15) is 0 Å². The van der Waals surface area contributed by atoms with Gasteiger partial charge in [-0.1, -0.05) is 18.5 Å². The highest BCUT2D eigenvalue weighted by molar-refractivity contribution is 6.30. The molecule has 0 spiro atoms. The van der Waals surface area contributed by atoms with Crippen LogP contribution in [0.2, 0.25) is 5.02 Å². The molecule has 72 valence electrons. The molecule has 0 aliphatic heterocycles. The SMILES string of the molecule is CCCOc1ccc(Cl)c(F)c1F. The number of rotatable bonds is 3. The summed E-state index contributed by atoms with van der Waals surface area (Å²) in [5.41, 5.74) is 0. The Morgan fingerprint density at radius 1 is 1.31 bits per heavy atom. The maximum atomic E-state index is 13.0. The van der Waals surface area contributed by atoms with Crippen LogP contribution in [0.25, 0.3) is 0 Å². The van der Waals surface area contributed by atoms with Gasteiger partial charge in [-0.25, -0.2) is 4.39 Å². The second kappa shape index (κ2) is 4.42. The molecule has 1 nitrogen and oxygen atoms in total. The van der Waals surface area contributed by atoms with Gasteiger partial charge in [0.2, 0.25) is 5.82 Å². The number of hydrogen-bond acceptors (Lipinski definition) is 1. The highest BCUT2D eigenvalue weighted by Gasteiger charge is 2.12. The van der Waals surface area contributed by atoms with Crippen molar-refractivity contribution >= 4 is 11.6 Å². The highest BCUT2D eigenvalue weighted by Crippen LogP contribution is 2.25. The van der Waals surface area contributed by atoms with Crippen molar-refractivity contribution in [1.82, 2.24) is 0 Å². The fraction of sp³-hybridized carbons (Fsp3) is 0.333. The summed E-state index contributed by atoms with van der Waals surface area (Å²) in [5, 5.41) is -0.235. The van der Waals surface area contributed by atoms with Gasteiger partial charge in [-0.05, 0) is 18.6 Å². The van der Waals surface area contributed by atoms with Crippen LogP contribution >= 0.6 is 11.6 Å². The molecule has 0 amide bonds. The molecule has 0 aliphatic carbocycles. The Morgan fingerprint density at radius 2 is 2.00 bits per heavy atom. The Balaban J connectivity index is 2.90. The van der Waals surface area contributed by atoms with Crippen molar-refractivity contribution in [3.63, 3.8) is 0 Å². The van der Waals surface area contributed by atoms with Crippen LogP contribution in [0.3, 0.4) is 0 Å². The number of halogens is 3. The molecule has 0 aromatic heterocycles. The average Bonchev–Trinajstić information content (AvgIpc) is 2.13. The Hall–Kier alpha value is -0.830. The molecule has 1 rings (SSSR count). The Morgan fingerprint density at radius 3 is 2.62 bits per heavy atom. The normalized spacial score (nSPS) is 10.2. The zero-order chi connectivity index (χ0) is 9.84. The van der Waals surface area contributed by atoms with Gasteiger partial charge in [-0.3, -0.25) is 0 Å². The number of benzene rings is 1. The fourth-order valence-electron chi connectivity index (χ4n) is 0.832. The summed E-state index contributed by atoms with van der Waals surface area (Å²) in [5.74, 6) is -2.18. The second-order valence-corrected chi connectivity index (χ2v) is 2.93. The van der Waals surface area contributed by atoms with Crippen LogP contribution in [0.5, 0.6) is 5.75 Å². The van der Waals surface area contributed by atoms with Crippen molar-refractivity contribution in [2.24, 2.45) is 0 Å². The molecular weight excluding hydrogens is 198 g/mol. The van der Waals surface area contributed by atoms with E-state index in [4.69, 9.17) is 16.3 Å². The minimum Gasteiger partial charge on any atom is -0.490 e. The first kappa shape index (κ1) is 10.3. The Kier molecular flexibility index (Phi) is 3.48. The summed E-state index contributed by atoms with van der Waals surface area (Å²) in [6, 6.07) is 2.58. The first-order chi connectivity index (χ1) is 6.16. The zero-order valence-electron chi connectivity index (χ0n) is 7.11. The van der Waals surface area contributed by atoms with E-state index in [0.717, 1.165) is 6.42 Å². The van der Waals surface area contributed by atoms with E-state index < -0.39 is 11.6 Å². The van der Waals surface area contributed by atoms with Gasteiger partial charge in [0.05, 0.1) is 11.6 Å². The van der Waals surface area contributed by atoms with E-state index in [1.807, 2.05) is 6.92 Å². The summed E-state index contributed by atoms with van der Waals surface area (Å²) >= 11 is 5.35. The summed E-state index contributed by atoms with van der Waals surface area (Å²) in [6.45, 7) is 2.24. The third-order valence-electron chi connectivity index (χ3n) is 1.46. The van der Waals surface area contributed by atoms with Crippen LogP contribution in [0.15, 0.2) is 12.1 Å². The smallest absolute Gasteiger partial charge is 0.202 e. The van der Waals surface area contributed by atoms with Crippen LogP contribution in [0.1, 0.15) is 13.3 Å². The highest BCUT2D eigenvalue weighted by atomic mass is 35.5. The standard InChI is InChI=1S/C9H9ClF2O/c1-2-5-13-7-4-3-6(10)8(11)9(7)12/h3-4H,2,5H2,1H3. The quantitative estimate of drug-likeness (QED) is 0.689. The molecule has 0 aliphatic rings. The van der Waals surface area contributed by atoms with Gasteiger partial charge >= 0.3 is 0 Å². The Bertz CT molecular complexity index is 302. The van der Waals surface area contributed by atoms with Gasteiger partial charge in [0.25, 0.3) is 0 Å². The maximum Gasteiger partial charge on any atom is 0.202 e. The fourth-order valence-corrected chi connectivity index (χ4v) is 0.978. The summed E-state index contributed by atoms with van der Waals surface area (Å²) in [4.78, 5) is 0. The van der Waals surface area contributed by atoms with Crippen molar-refractivity contribution in [2.45, 2.75) is 13.3 Å². The Labute approximate surface area is 80.3 Å². The molecule has 13 heavy (non-hydrogen) atoms. The minimum absolute atomic E-state index is 0.0937. The van der Waals surface area contributed by atoms with Gasteiger partial charge in [0, 0.05) is 0 Å². The summed E-state index contributed by atoms with van der Waals surface area (Å²) in [7, 11) is 0. The molecular formula is C9H9ClF2O. The predicted octanol–water partition coefficient (Wildman–Crippen LogP) is 3.41. The largest absolute Gasteiger partial charge is 0.490 e. The number of hydrogen-bond donors (Lipinski definition) is 0. The van der Waals surface area contributed by atoms with Crippen LogP contribution in [0.4, 0.5) is 8.78 Å². The van der Waals surface area contributed by atoms with Crippen LogP contribution < -0.4 is 4.74 Å². The lowest BCUT2D eigenvalue weighted by Gasteiger charge is -2.06. The molecule has 1 aromatic rings. The van der Waals surface area contributed by atoms with Gasteiger partial charge < -0.3 is 4.74 Å². The van der Waals surface area contributed by atoms with E-state index in [-0.39, 0.29) is 10.8 Å². The van der Waals surface area contributed by atoms with E-state index in [2.05, 4.69) is 0 Å². The lowest BCUT2D eigenvalue weighted by atomic mass is 10.3. The van der Waals surface area contributed by atoms with Crippen molar-refractivity contribution in [2.75, 3.05) is 6.61 Å². The van der Waals surface area contributed by atoms with E-state index in [1.54, 1.807) is 0 Å². The van der Waals surface area contributed by atoms with Crippen molar-refractivity contribution in [3.8, 4) is 5.75 Å². The minimum atomic E-state index is -1.06. The topological polar surface area (TPSA) is 9.23 Å². The molecule has 4 heteroatoms. The van der Waals surface area contributed by atoms with Crippen LogP contribution in [-0.4, -0.2) is 6.61 Å². The van der Waals surface area contributed by atoms with Crippen molar-refractivity contribution in [1.29, 1.82) is 0 Å². The van der Waals surface area contributed by atoms with E-state index in [1.165, 1.54) is 12.1 Å². The van der Waals surface area contributed by atoms with E-state index in [9.17, 15) is 8.78 Å². The lowest BCUT2D eigenvalue weighted by Crippen LogP contribution is -1.99. The predicted molar refractivity (Wildman–Crippen MR) is 47.2 cm³/mol. The molecule has 1 aromatic carbocycles. The summed E-state index contributed by atoms with van der Waals surface area (Å²) in [6.07, 6.45) is 0.740. The molecule has 0 heterocycles. The molecule has 0 saturated carbocycles. The first-order valence-electron chi connectivity index (χ1n) is 3.93. The molecule has 0 N–H and O–H groups in total. The molecule has 0 atom stereocenters.